The molecule has 1 heterocycles. The van der Waals surface area contributed by atoms with Crippen LogP contribution in [-0.4, -0.2) is 22.6 Å². The Hall–Kier alpha value is -2.10. The average molecular weight is 269 g/mol. The Labute approximate surface area is 119 Å². The fourth-order valence-electron chi connectivity index (χ4n) is 2.45. The first-order chi connectivity index (χ1) is 9.76. The van der Waals surface area contributed by atoms with Crippen LogP contribution in [0.15, 0.2) is 36.4 Å². The van der Waals surface area contributed by atoms with Gasteiger partial charge in [0.1, 0.15) is 11.6 Å². The van der Waals surface area contributed by atoms with Crippen molar-refractivity contribution in [1.82, 2.24) is 9.97 Å². The van der Waals surface area contributed by atoms with Crippen molar-refractivity contribution in [2.24, 2.45) is 0 Å². The first-order valence-electron chi connectivity index (χ1n) is 7.06. The highest BCUT2D eigenvalue weighted by Gasteiger charge is 2.38. The van der Waals surface area contributed by atoms with Gasteiger partial charge in [-0.05, 0) is 25.8 Å². The Kier molecular flexibility index (Phi) is 3.54. The van der Waals surface area contributed by atoms with Crippen molar-refractivity contribution in [2.75, 3.05) is 11.9 Å². The molecule has 1 aliphatic rings. The second-order valence-electron chi connectivity index (χ2n) is 5.08. The molecule has 20 heavy (non-hydrogen) atoms. The summed E-state index contributed by atoms with van der Waals surface area (Å²) in [7, 11) is 0. The number of anilines is 1. The maximum absolute atomic E-state index is 5.45. The lowest BCUT2D eigenvalue weighted by Gasteiger charge is -2.08. The standard InChI is InChI=1S/C16H19N3O/c1-3-20-16-10-15(17-11(2)18-16)19-14-9-13(14)12-7-5-4-6-8-12/h4-8,10,13-14H,3,9H2,1-2H3,(H,17,18,19). The van der Waals surface area contributed by atoms with E-state index >= 15 is 0 Å². The number of benzene rings is 1. The highest BCUT2D eigenvalue weighted by atomic mass is 16.5. The molecular weight excluding hydrogens is 250 g/mol. The molecule has 4 nitrogen and oxygen atoms in total. The van der Waals surface area contributed by atoms with E-state index < -0.39 is 0 Å². The maximum Gasteiger partial charge on any atom is 0.218 e. The van der Waals surface area contributed by atoms with E-state index in [1.165, 1.54) is 5.56 Å². The molecule has 1 aliphatic carbocycles. The van der Waals surface area contributed by atoms with Crippen LogP contribution in [0.5, 0.6) is 5.88 Å². The van der Waals surface area contributed by atoms with Gasteiger partial charge in [-0.3, -0.25) is 0 Å². The van der Waals surface area contributed by atoms with Crippen LogP contribution >= 0.6 is 0 Å². The van der Waals surface area contributed by atoms with E-state index in [-0.39, 0.29) is 0 Å². The summed E-state index contributed by atoms with van der Waals surface area (Å²) in [5.41, 5.74) is 1.39. The zero-order valence-electron chi connectivity index (χ0n) is 11.8. The van der Waals surface area contributed by atoms with E-state index in [0.29, 0.717) is 24.4 Å². The molecule has 2 aromatic rings. The lowest BCUT2D eigenvalue weighted by Crippen LogP contribution is -2.08. The third-order valence-corrected chi connectivity index (χ3v) is 3.46. The molecule has 4 heteroatoms. The van der Waals surface area contributed by atoms with E-state index in [2.05, 4.69) is 45.6 Å². The van der Waals surface area contributed by atoms with Crippen LogP contribution in [0.1, 0.15) is 30.7 Å². The summed E-state index contributed by atoms with van der Waals surface area (Å²) in [6.45, 7) is 4.46. The van der Waals surface area contributed by atoms with Crippen molar-refractivity contribution < 1.29 is 4.74 Å². The van der Waals surface area contributed by atoms with Gasteiger partial charge in [-0.15, -0.1) is 0 Å². The number of nitrogens with one attached hydrogen (secondary N) is 1. The molecule has 0 spiro atoms. The number of aryl methyl sites for hydroxylation is 1. The van der Waals surface area contributed by atoms with Gasteiger partial charge in [0.15, 0.2) is 0 Å². The van der Waals surface area contributed by atoms with E-state index in [0.717, 1.165) is 18.1 Å². The van der Waals surface area contributed by atoms with Gasteiger partial charge in [-0.25, -0.2) is 4.98 Å². The van der Waals surface area contributed by atoms with E-state index in [1.807, 2.05) is 19.9 Å². The van der Waals surface area contributed by atoms with Crippen LogP contribution in [0.25, 0.3) is 0 Å². The van der Waals surface area contributed by atoms with Crippen molar-refractivity contribution >= 4 is 5.82 Å². The molecule has 2 unspecified atom stereocenters. The topological polar surface area (TPSA) is 47.0 Å². The summed E-state index contributed by atoms with van der Waals surface area (Å²) in [5, 5.41) is 3.47. The van der Waals surface area contributed by atoms with Gasteiger partial charge >= 0.3 is 0 Å². The molecular formula is C16H19N3O. The summed E-state index contributed by atoms with van der Waals surface area (Å²) in [4.78, 5) is 8.68. The molecule has 3 rings (SSSR count). The first kappa shape index (κ1) is 12.9. The normalized spacial score (nSPS) is 20.5. The molecule has 2 atom stereocenters. The van der Waals surface area contributed by atoms with Crippen LogP contribution in [0.2, 0.25) is 0 Å². The molecule has 0 radical (unpaired) electrons. The number of ether oxygens (including phenoxy) is 1. The Morgan fingerprint density at radius 2 is 2.05 bits per heavy atom. The fourth-order valence-corrected chi connectivity index (χ4v) is 2.45. The predicted octanol–water partition coefficient (Wildman–Crippen LogP) is 3.15. The first-order valence-corrected chi connectivity index (χ1v) is 7.06. The lowest BCUT2D eigenvalue weighted by atomic mass is 10.1. The zero-order chi connectivity index (χ0) is 13.9. The SMILES string of the molecule is CCOc1cc(NC2CC2c2ccccc2)nc(C)n1. The third-order valence-electron chi connectivity index (χ3n) is 3.46. The summed E-state index contributed by atoms with van der Waals surface area (Å²) in [6, 6.07) is 12.9. The highest BCUT2D eigenvalue weighted by Crippen LogP contribution is 2.42. The molecule has 0 aliphatic heterocycles. The maximum atomic E-state index is 5.45. The average Bonchev–Trinajstić information content (AvgIpc) is 3.19. The van der Waals surface area contributed by atoms with Gasteiger partial charge in [-0.1, -0.05) is 30.3 Å². The van der Waals surface area contributed by atoms with Gasteiger partial charge in [0.25, 0.3) is 0 Å². The number of hydrogen-bond acceptors (Lipinski definition) is 4. The van der Waals surface area contributed by atoms with Crippen LogP contribution < -0.4 is 10.1 Å². The summed E-state index contributed by atoms with van der Waals surface area (Å²) in [5.74, 6) is 2.81. The van der Waals surface area contributed by atoms with Crippen LogP contribution in [-0.2, 0) is 0 Å². The van der Waals surface area contributed by atoms with Gasteiger partial charge in [0, 0.05) is 18.0 Å². The van der Waals surface area contributed by atoms with Crippen molar-refractivity contribution in [3.8, 4) is 5.88 Å². The fraction of sp³-hybridized carbons (Fsp3) is 0.375. The molecule has 1 N–H and O–H groups in total. The minimum atomic E-state index is 0.459. The lowest BCUT2D eigenvalue weighted by molar-refractivity contribution is 0.325. The summed E-state index contributed by atoms with van der Waals surface area (Å²) in [6.07, 6.45) is 1.15. The molecule has 1 aromatic heterocycles. The zero-order valence-corrected chi connectivity index (χ0v) is 11.8. The third kappa shape index (κ3) is 2.90. The summed E-state index contributed by atoms with van der Waals surface area (Å²) >= 11 is 0. The summed E-state index contributed by atoms with van der Waals surface area (Å²) < 4.78 is 5.45. The Morgan fingerprint density at radius 3 is 2.80 bits per heavy atom. The van der Waals surface area contributed by atoms with Crippen LogP contribution in [0.4, 0.5) is 5.82 Å². The Bertz CT molecular complexity index is 586. The second kappa shape index (κ2) is 5.49. The molecule has 104 valence electrons. The monoisotopic (exact) mass is 269 g/mol. The van der Waals surface area contributed by atoms with Gasteiger partial charge < -0.3 is 10.1 Å². The predicted molar refractivity (Wildman–Crippen MR) is 79.1 cm³/mol. The second-order valence-corrected chi connectivity index (χ2v) is 5.08. The van der Waals surface area contributed by atoms with Gasteiger partial charge in [0.05, 0.1) is 6.61 Å². The largest absolute Gasteiger partial charge is 0.478 e. The van der Waals surface area contributed by atoms with Crippen molar-refractivity contribution in [3.63, 3.8) is 0 Å². The molecule has 1 saturated carbocycles. The van der Waals surface area contributed by atoms with E-state index in [9.17, 15) is 0 Å². The Morgan fingerprint density at radius 1 is 1.25 bits per heavy atom. The van der Waals surface area contributed by atoms with Gasteiger partial charge in [-0.2, -0.15) is 4.98 Å². The van der Waals surface area contributed by atoms with Crippen LogP contribution in [0, 0.1) is 6.92 Å². The van der Waals surface area contributed by atoms with E-state index in [1.54, 1.807) is 0 Å². The smallest absolute Gasteiger partial charge is 0.218 e. The van der Waals surface area contributed by atoms with Crippen molar-refractivity contribution in [3.05, 3.63) is 47.8 Å². The number of nitrogens with zero attached hydrogens (tertiary/aromatic N) is 2. The van der Waals surface area contributed by atoms with Crippen LogP contribution in [0.3, 0.4) is 0 Å². The number of hydrogen-bond donors (Lipinski definition) is 1. The minimum Gasteiger partial charge on any atom is -0.478 e. The highest BCUT2D eigenvalue weighted by molar-refractivity contribution is 5.44. The number of aromatic nitrogens is 2. The van der Waals surface area contributed by atoms with Crippen molar-refractivity contribution in [2.45, 2.75) is 32.2 Å². The minimum absolute atomic E-state index is 0.459. The molecule has 0 amide bonds. The Balaban J connectivity index is 1.68. The van der Waals surface area contributed by atoms with Crippen molar-refractivity contribution in [1.29, 1.82) is 0 Å². The quantitative estimate of drug-likeness (QED) is 0.905. The molecule has 1 aromatic carbocycles. The molecule has 0 saturated heterocycles. The number of rotatable bonds is 5. The molecule has 0 bridgehead atoms. The van der Waals surface area contributed by atoms with Gasteiger partial charge in [0.2, 0.25) is 5.88 Å². The van der Waals surface area contributed by atoms with E-state index in [4.69, 9.17) is 4.74 Å². The molecule has 1 fully saturated rings.